The van der Waals surface area contributed by atoms with E-state index in [1.165, 1.54) is 12.3 Å². The minimum atomic E-state index is -0.877. The van der Waals surface area contributed by atoms with Crippen molar-refractivity contribution in [3.63, 3.8) is 0 Å². The van der Waals surface area contributed by atoms with Crippen molar-refractivity contribution in [1.82, 2.24) is 9.97 Å². The standard InChI is InChI=1S/C8H9N3O2/c9-8-10-5-4-6(11-8)2-1-3-7(12)13/h1-2,4-5H,3H2,(H,12,13)(H2,9,10,11). The van der Waals surface area contributed by atoms with Gasteiger partial charge in [-0.2, -0.15) is 0 Å². The van der Waals surface area contributed by atoms with E-state index in [9.17, 15) is 4.79 Å². The number of carbonyl (C=O) groups is 1. The lowest BCUT2D eigenvalue weighted by molar-refractivity contribution is -0.135. The quantitative estimate of drug-likeness (QED) is 0.707. The van der Waals surface area contributed by atoms with Crippen LogP contribution < -0.4 is 5.73 Å². The zero-order valence-corrected chi connectivity index (χ0v) is 6.84. The molecule has 1 heterocycles. The first-order chi connectivity index (χ1) is 6.18. The first-order valence-electron chi connectivity index (χ1n) is 3.65. The van der Waals surface area contributed by atoms with Crippen molar-refractivity contribution in [2.75, 3.05) is 5.73 Å². The highest BCUT2D eigenvalue weighted by molar-refractivity contribution is 5.70. The average molecular weight is 179 g/mol. The molecule has 0 aliphatic carbocycles. The van der Waals surface area contributed by atoms with E-state index in [1.807, 2.05) is 0 Å². The summed E-state index contributed by atoms with van der Waals surface area (Å²) in [5, 5.41) is 8.34. The van der Waals surface area contributed by atoms with Crippen LogP contribution in [0, 0.1) is 0 Å². The fraction of sp³-hybridized carbons (Fsp3) is 0.125. The van der Waals surface area contributed by atoms with E-state index in [2.05, 4.69) is 9.97 Å². The summed E-state index contributed by atoms with van der Waals surface area (Å²) < 4.78 is 0. The topological polar surface area (TPSA) is 89.1 Å². The number of anilines is 1. The van der Waals surface area contributed by atoms with E-state index >= 15 is 0 Å². The van der Waals surface area contributed by atoms with Crippen molar-refractivity contribution in [3.05, 3.63) is 24.0 Å². The van der Waals surface area contributed by atoms with Crippen molar-refractivity contribution in [1.29, 1.82) is 0 Å². The molecule has 3 N–H and O–H groups in total. The van der Waals surface area contributed by atoms with Crippen LogP contribution in [-0.4, -0.2) is 21.0 Å². The van der Waals surface area contributed by atoms with Crippen LogP contribution in [0.5, 0.6) is 0 Å². The first kappa shape index (κ1) is 9.18. The van der Waals surface area contributed by atoms with Gasteiger partial charge in [-0.05, 0) is 12.1 Å². The molecule has 68 valence electrons. The molecular formula is C8H9N3O2. The van der Waals surface area contributed by atoms with Crippen LogP contribution in [0.25, 0.3) is 6.08 Å². The molecule has 0 saturated carbocycles. The second-order valence-corrected chi connectivity index (χ2v) is 2.34. The number of aromatic nitrogens is 2. The molecule has 1 aromatic heterocycles. The highest BCUT2D eigenvalue weighted by Crippen LogP contribution is 1.99. The molecule has 1 aromatic rings. The van der Waals surface area contributed by atoms with Crippen molar-refractivity contribution < 1.29 is 9.90 Å². The number of nitrogens with two attached hydrogens (primary N) is 1. The molecule has 5 heteroatoms. The fourth-order valence-electron chi connectivity index (χ4n) is 0.762. The van der Waals surface area contributed by atoms with Gasteiger partial charge in [-0.1, -0.05) is 6.08 Å². The van der Waals surface area contributed by atoms with Gasteiger partial charge in [0.2, 0.25) is 5.95 Å². The van der Waals surface area contributed by atoms with E-state index in [4.69, 9.17) is 10.8 Å². The van der Waals surface area contributed by atoms with Gasteiger partial charge < -0.3 is 10.8 Å². The largest absolute Gasteiger partial charge is 0.481 e. The SMILES string of the molecule is Nc1nccc(C=CCC(=O)O)n1. The van der Waals surface area contributed by atoms with E-state index in [0.717, 1.165) is 0 Å². The van der Waals surface area contributed by atoms with Crippen LogP contribution >= 0.6 is 0 Å². The smallest absolute Gasteiger partial charge is 0.307 e. The Labute approximate surface area is 74.9 Å². The Morgan fingerprint density at radius 3 is 3.08 bits per heavy atom. The Hall–Kier alpha value is -1.91. The molecule has 13 heavy (non-hydrogen) atoms. The number of carboxylic acid groups (broad SMARTS) is 1. The summed E-state index contributed by atoms with van der Waals surface area (Å²) in [5.74, 6) is -0.698. The highest BCUT2D eigenvalue weighted by Gasteiger charge is 1.92. The monoisotopic (exact) mass is 179 g/mol. The Kier molecular flexibility index (Phi) is 2.97. The summed E-state index contributed by atoms with van der Waals surface area (Å²) in [7, 11) is 0. The minimum Gasteiger partial charge on any atom is -0.481 e. The van der Waals surface area contributed by atoms with Gasteiger partial charge in [-0.15, -0.1) is 0 Å². The van der Waals surface area contributed by atoms with Gasteiger partial charge in [0.05, 0.1) is 12.1 Å². The van der Waals surface area contributed by atoms with Crippen molar-refractivity contribution in [2.24, 2.45) is 0 Å². The number of carboxylic acids is 1. The summed E-state index contributed by atoms with van der Waals surface area (Å²) in [6.45, 7) is 0. The second kappa shape index (κ2) is 4.20. The van der Waals surface area contributed by atoms with Crippen molar-refractivity contribution in [2.45, 2.75) is 6.42 Å². The normalized spacial score (nSPS) is 10.5. The summed E-state index contributed by atoms with van der Waals surface area (Å²) in [4.78, 5) is 17.7. The molecule has 0 spiro atoms. The molecule has 0 aliphatic heterocycles. The van der Waals surface area contributed by atoms with Crippen LogP contribution in [0.2, 0.25) is 0 Å². The maximum absolute atomic E-state index is 10.1. The van der Waals surface area contributed by atoms with Gasteiger partial charge in [0.15, 0.2) is 0 Å². The van der Waals surface area contributed by atoms with Gasteiger partial charge in [0.1, 0.15) is 0 Å². The minimum absolute atomic E-state index is 0.0239. The van der Waals surface area contributed by atoms with E-state index < -0.39 is 5.97 Å². The number of hydrogen-bond donors (Lipinski definition) is 2. The number of aliphatic carboxylic acids is 1. The Bertz CT molecular complexity index is 336. The van der Waals surface area contributed by atoms with Gasteiger partial charge in [-0.25, -0.2) is 9.97 Å². The number of rotatable bonds is 3. The molecule has 0 amide bonds. The summed E-state index contributed by atoms with van der Waals surface area (Å²) in [6, 6.07) is 1.65. The summed E-state index contributed by atoms with van der Waals surface area (Å²) in [6.07, 6.45) is 4.59. The number of nitrogens with zero attached hydrogens (tertiary/aromatic N) is 2. The molecule has 0 bridgehead atoms. The van der Waals surface area contributed by atoms with Crippen LogP contribution in [0.3, 0.4) is 0 Å². The average Bonchev–Trinajstić information content (AvgIpc) is 2.03. The molecule has 0 atom stereocenters. The molecule has 0 aromatic carbocycles. The number of nitrogen functional groups attached to an aromatic ring is 1. The van der Waals surface area contributed by atoms with Crippen LogP contribution in [-0.2, 0) is 4.79 Å². The Balaban J connectivity index is 2.63. The van der Waals surface area contributed by atoms with Gasteiger partial charge >= 0.3 is 5.97 Å². The predicted octanol–water partition coefficient (Wildman–Crippen LogP) is 0.547. The second-order valence-electron chi connectivity index (χ2n) is 2.34. The molecule has 0 saturated heterocycles. The number of hydrogen-bond acceptors (Lipinski definition) is 4. The van der Waals surface area contributed by atoms with Gasteiger partial charge in [0, 0.05) is 6.20 Å². The van der Waals surface area contributed by atoms with Crippen LogP contribution in [0.1, 0.15) is 12.1 Å². The molecule has 0 fully saturated rings. The Morgan fingerprint density at radius 1 is 1.69 bits per heavy atom. The third-order valence-corrected chi connectivity index (χ3v) is 1.28. The molecule has 1 rings (SSSR count). The first-order valence-corrected chi connectivity index (χ1v) is 3.65. The fourth-order valence-corrected chi connectivity index (χ4v) is 0.762. The molecule has 0 unspecified atom stereocenters. The van der Waals surface area contributed by atoms with Gasteiger partial charge in [-0.3, -0.25) is 4.79 Å². The molecule has 0 radical (unpaired) electrons. The predicted molar refractivity (Wildman–Crippen MR) is 47.7 cm³/mol. The third-order valence-electron chi connectivity index (χ3n) is 1.28. The maximum Gasteiger partial charge on any atom is 0.307 e. The molecule has 0 aliphatic rings. The zero-order valence-electron chi connectivity index (χ0n) is 6.84. The van der Waals surface area contributed by atoms with E-state index in [0.29, 0.717) is 5.69 Å². The zero-order chi connectivity index (χ0) is 9.68. The third kappa shape index (κ3) is 3.33. The lowest BCUT2D eigenvalue weighted by atomic mass is 10.3. The lowest BCUT2D eigenvalue weighted by Crippen LogP contribution is -1.95. The van der Waals surface area contributed by atoms with E-state index in [1.54, 1.807) is 12.1 Å². The van der Waals surface area contributed by atoms with E-state index in [-0.39, 0.29) is 12.4 Å². The van der Waals surface area contributed by atoms with Crippen molar-refractivity contribution >= 4 is 18.0 Å². The lowest BCUT2D eigenvalue weighted by Gasteiger charge is -1.92. The van der Waals surface area contributed by atoms with Crippen molar-refractivity contribution in [3.8, 4) is 0 Å². The van der Waals surface area contributed by atoms with Crippen LogP contribution in [0.15, 0.2) is 18.3 Å². The molecular weight excluding hydrogens is 170 g/mol. The Morgan fingerprint density at radius 2 is 2.46 bits per heavy atom. The maximum atomic E-state index is 10.1. The van der Waals surface area contributed by atoms with Crippen LogP contribution in [0.4, 0.5) is 5.95 Å². The summed E-state index contributed by atoms with van der Waals surface area (Å²) in [5.41, 5.74) is 5.92. The summed E-state index contributed by atoms with van der Waals surface area (Å²) >= 11 is 0. The highest BCUT2D eigenvalue weighted by atomic mass is 16.4. The van der Waals surface area contributed by atoms with Gasteiger partial charge in [0.25, 0.3) is 0 Å². The molecule has 5 nitrogen and oxygen atoms in total.